The molecule has 0 spiro atoms. The van der Waals surface area contributed by atoms with Crippen LogP contribution in [0.2, 0.25) is 0 Å². The summed E-state index contributed by atoms with van der Waals surface area (Å²) < 4.78 is 0. The molecule has 1 fully saturated rings. The van der Waals surface area contributed by atoms with Crippen molar-refractivity contribution in [2.45, 2.75) is 19.8 Å². The average molecular weight is 246 g/mol. The van der Waals surface area contributed by atoms with Crippen molar-refractivity contribution in [2.75, 3.05) is 32.7 Å². The molecule has 3 nitrogen and oxygen atoms in total. The number of nitrogens with one attached hydrogen (secondary N) is 1. The van der Waals surface area contributed by atoms with Crippen LogP contribution in [0.1, 0.15) is 29.3 Å². The van der Waals surface area contributed by atoms with E-state index in [9.17, 15) is 4.79 Å². The number of aryl methyl sites for hydroxylation is 1. The molecule has 1 N–H and O–H groups in total. The molecule has 2 rings (SSSR count). The number of hydrogen-bond donors (Lipinski definition) is 1. The maximum absolute atomic E-state index is 12.1. The maximum Gasteiger partial charge on any atom is 0.176 e. The number of Topliss-reactive ketones (excluding diaryl/α,β-unsaturated/α-hetero) is 1. The van der Waals surface area contributed by atoms with E-state index in [1.165, 1.54) is 5.56 Å². The van der Waals surface area contributed by atoms with Gasteiger partial charge in [0, 0.05) is 31.7 Å². The first-order valence-electron chi connectivity index (χ1n) is 6.85. The van der Waals surface area contributed by atoms with Crippen molar-refractivity contribution in [2.24, 2.45) is 0 Å². The van der Waals surface area contributed by atoms with Crippen LogP contribution >= 0.6 is 0 Å². The Hall–Kier alpha value is -1.19. The van der Waals surface area contributed by atoms with Crippen LogP contribution in [0.5, 0.6) is 0 Å². The molecule has 3 heteroatoms. The second kappa shape index (κ2) is 6.66. The Balaban J connectivity index is 1.91. The summed E-state index contributed by atoms with van der Waals surface area (Å²) in [6.45, 7) is 6.64. The highest BCUT2D eigenvalue weighted by Crippen LogP contribution is 2.08. The van der Waals surface area contributed by atoms with Crippen molar-refractivity contribution in [1.29, 1.82) is 0 Å². The molecule has 1 aliphatic rings. The summed E-state index contributed by atoms with van der Waals surface area (Å²) in [5.41, 5.74) is 2.16. The van der Waals surface area contributed by atoms with E-state index in [0.29, 0.717) is 6.54 Å². The molecule has 1 saturated heterocycles. The van der Waals surface area contributed by atoms with Gasteiger partial charge in [0.1, 0.15) is 0 Å². The van der Waals surface area contributed by atoms with E-state index < -0.39 is 0 Å². The fourth-order valence-electron chi connectivity index (χ4n) is 2.31. The van der Waals surface area contributed by atoms with Gasteiger partial charge in [-0.3, -0.25) is 9.69 Å². The SMILES string of the molecule is CCCc1ccc(C(=O)CN2CCNCC2)cc1. The van der Waals surface area contributed by atoms with E-state index in [0.717, 1.165) is 44.6 Å². The zero-order chi connectivity index (χ0) is 12.8. The lowest BCUT2D eigenvalue weighted by molar-refractivity contribution is 0.0921. The summed E-state index contributed by atoms with van der Waals surface area (Å²) >= 11 is 0. The molecule has 0 aromatic heterocycles. The summed E-state index contributed by atoms with van der Waals surface area (Å²) in [5.74, 6) is 0.236. The Morgan fingerprint density at radius 2 is 1.89 bits per heavy atom. The number of benzene rings is 1. The van der Waals surface area contributed by atoms with E-state index >= 15 is 0 Å². The quantitative estimate of drug-likeness (QED) is 0.803. The Morgan fingerprint density at radius 3 is 2.50 bits per heavy atom. The summed E-state index contributed by atoms with van der Waals surface area (Å²) in [7, 11) is 0. The predicted molar refractivity (Wildman–Crippen MR) is 74.1 cm³/mol. The second-order valence-corrected chi connectivity index (χ2v) is 4.90. The van der Waals surface area contributed by atoms with Crippen molar-refractivity contribution in [3.05, 3.63) is 35.4 Å². The van der Waals surface area contributed by atoms with E-state index in [4.69, 9.17) is 0 Å². The molecular weight excluding hydrogens is 224 g/mol. The van der Waals surface area contributed by atoms with Crippen LogP contribution in [-0.2, 0) is 6.42 Å². The minimum absolute atomic E-state index is 0.236. The number of rotatable bonds is 5. The smallest absolute Gasteiger partial charge is 0.176 e. The average Bonchev–Trinajstić information content (AvgIpc) is 2.41. The molecule has 1 aromatic rings. The van der Waals surface area contributed by atoms with E-state index in [2.05, 4.69) is 29.3 Å². The van der Waals surface area contributed by atoms with Gasteiger partial charge in [0.15, 0.2) is 5.78 Å². The summed E-state index contributed by atoms with van der Waals surface area (Å²) in [6.07, 6.45) is 2.24. The molecule has 98 valence electrons. The van der Waals surface area contributed by atoms with Crippen LogP contribution in [0.3, 0.4) is 0 Å². The lowest BCUT2D eigenvalue weighted by Gasteiger charge is -2.26. The predicted octanol–water partition coefficient (Wildman–Crippen LogP) is 1.73. The monoisotopic (exact) mass is 246 g/mol. The third kappa shape index (κ3) is 3.65. The Morgan fingerprint density at radius 1 is 1.22 bits per heavy atom. The zero-order valence-corrected chi connectivity index (χ0v) is 11.1. The summed E-state index contributed by atoms with van der Waals surface area (Å²) in [6, 6.07) is 8.09. The Kier molecular flexibility index (Phi) is 4.90. The minimum Gasteiger partial charge on any atom is -0.314 e. The summed E-state index contributed by atoms with van der Waals surface area (Å²) in [4.78, 5) is 14.3. The Bertz CT molecular complexity index is 380. The third-order valence-corrected chi connectivity index (χ3v) is 3.39. The van der Waals surface area contributed by atoms with Crippen LogP contribution in [0.15, 0.2) is 24.3 Å². The molecule has 1 aliphatic heterocycles. The van der Waals surface area contributed by atoms with Gasteiger partial charge in [0.05, 0.1) is 6.54 Å². The highest BCUT2D eigenvalue weighted by molar-refractivity contribution is 5.97. The minimum atomic E-state index is 0.236. The number of carbonyl (C=O) groups is 1. The van der Waals surface area contributed by atoms with E-state index in [1.807, 2.05) is 12.1 Å². The van der Waals surface area contributed by atoms with Crippen molar-refractivity contribution in [3.63, 3.8) is 0 Å². The van der Waals surface area contributed by atoms with Crippen LogP contribution in [0, 0.1) is 0 Å². The van der Waals surface area contributed by atoms with Crippen LogP contribution in [0.4, 0.5) is 0 Å². The van der Waals surface area contributed by atoms with Crippen molar-refractivity contribution in [1.82, 2.24) is 10.2 Å². The van der Waals surface area contributed by atoms with E-state index in [1.54, 1.807) is 0 Å². The molecule has 18 heavy (non-hydrogen) atoms. The molecule has 0 atom stereocenters. The standard InChI is InChI=1S/C15H22N2O/c1-2-3-13-4-6-14(7-5-13)15(18)12-17-10-8-16-9-11-17/h4-7,16H,2-3,8-12H2,1H3. The highest BCUT2D eigenvalue weighted by atomic mass is 16.1. The maximum atomic E-state index is 12.1. The van der Waals surface area contributed by atoms with Gasteiger partial charge >= 0.3 is 0 Å². The number of ketones is 1. The lowest BCUT2D eigenvalue weighted by atomic mass is 10.0. The van der Waals surface area contributed by atoms with Crippen LogP contribution in [-0.4, -0.2) is 43.4 Å². The third-order valence-electron chi connectivity index (χ3n) is 3.39. The molecule has 0 saturated carbocycles. The van der Waals surface area contributed by atoms with E-state index in [-0.39, 0.29) is 5.78 Å². The van der Waals surface area contributed by atoms with Gasteiger partial charge in [0.25, 0.3) is 0 Å². The lowest BCUT2D eigenvalue weighted by Crippen LogP contribution is -2.45. The first-order chi connectivity index (χ1) is 8.79. The van der Waals surface area contributed by atoms with Gasteiger partial charge in [-0.1, -0.05) is 37.6 Å². The topological polar surface area (TPSA) is 32.3 Å². The van der Waals surface area contributed by atoms with Gasteiger partial charge in [-0.2, -0.15) is 0 Å². The van der Waals surface area contributed by atoms with Crippen molar-refractivity contribution < 1.29 is 4.79 Å². The van der Waals surface area contributed by atoms with Crippen LogP contribution in [0.25, 0.3) is 0 Å². The molecular formula is C15H22N2O. The first kappa shape index (κ1) is 13.2. The highest BCUT2D eigenvalue weighted by Gasteiger charge is 2.14. The van der Waals surface area contributed by atoms with Gasteiger partial charge in [-0.15, -0.1) is 0 Å². The largest absolute Gasteiger partial charge is 0.314 e. The molecule has 0 radical (unpaired) electrons. The molecule has 0 amide bonds. The molecule has 0 unspecified atom stereocenters. The van der Waals surface area contributed by atoms with Crippen LogP contribution < -0.4 is 5.32 Å². The molecule has 1 heterocycles. The molecule has 1 aromatic carbocycles. The number of carbonyl (C=O) groups excluding carboxylic acids is 1. The van der Waals surface area contributed by atoms with Gasteiger partial charge in [-0.25, -0.2) is 0 Å². The fourth-order valence-corrected chi connectivity index (χ4v) is 2.31. The Labute approximate surface area is 109 Å². The zero-order valence-electron chi connectivity index (χ0n) is 11.1. The fraction of sp³-hybridized carbons (Fsp3) is 0.533. The number of piperazine rings is 1. The molecule has 0 bridgehead atoms. The number of hydrogen-bond acceptors (Lipinski definition) is 3. The normalized spacial score (nSPS) is 16.7. The second-order valence-electron chi connectivity index (χ2n) is 4.90. The molecule has 0 aliphatic carbocycles. The first-order valence-corrected chi connectivity index (χ1v) is 6.85. The van der Waals surface area contributed by atoms with Crippen molar-refractivity contribution in [3.8, 4) is 0 Å². The number of nitrogens with zero attached hydrogens (tertiary/aromatic N) is 1. The van der Waals surface area contributed by atoms with Crippen molar-refractivity contribution >= 4 is 5.78 Å². The van der Waals surface area contributed by atoms with Gasteiger partial charge < -0.3 is 5.32 Å². The summed E-state index contributed by atoms with van der Waals surface area (Å²) in [5, 5.41) is 3.30. The van der Waals surface area contributed by atoms with Gasteiger partial charge in [-0.05, 0) is 12.0 Å². The van der Waals surface area contributed by atoms with Gasteiger partial charge in [0.2, 0.25) is 0 Å².